The average molecular weight is 259 g/mol. The van der Waals surface area contributed by atoms with Gasteiger partial charge in [0.1, 0.15) is 0 Å². The standard InChI is InChI=1S/C16H21NS/c1-16(2,3)13-7-9-14(10-8-13)18-15-6-4-5-12(15)11-17/h7-10,12,15H,4-6H2,1-3H3. The molecule has 0 aliphatic heterocycles. The molecule has 1 saturated carbocycles. The summed E-state index contributed by atoms with van der Waals surface area (Å²) in [6, 6.07) is 11.3. The first-order chi connectivity index (χ1) is 8.50. The van der Waals surface area contributed by atoms with E-state index in [9.17, 15) is 0 Å². The first kappa shape index (κ1) is 13.5. The van der Waals surface area contributed by atoms with Crippen LogP contribution < -0.4 is 0 Å². The molecule has 0 amide bonds. The lowest BCUT2D eigenvalue weighted by Gasteiger charge is -2.19. The third kappa shape index (κ3) is 3.09. The van der Waals surface area contributed by atoms with Gasteiger partial charge in [-0.25, -0.2) is 0 Å². The first-order valence-corrected chi connectivity index (χ1v) is 7.55. The number of hydrogen-bond acceptors (Lipinski definition) is 2. The quantitative estimate of drug-likeness (QED) is 0.764. The van der Waals surface area contributed by atoms with Crippen LogP contribution in [0.5, 0.6) is 0 Å². The maximum atomic E-state index is 9.10. The molecule has 1 aromatic rings. The van der Waals surface area contributed by atoms with Crippen molar-refractivity contribution in [3.8, 4) is 6.07 Å². The number of nitriles is 1. The first-order valence-electron chi connectivity index (χ1n) is 6.67. The van der Waals surface area contributed by atoms with Crippen LogP contribution in [-0.2, 0) is 5.41 Å². The molecule has 1 aliphatic rings. The van der Waals surface area contributed by atoms with E-state index in [1.165, 1.54) is 23.3 Å². The Morgan fingerprint density at radius 3 is 2.39 bits per heavy atom. The van der Waals surface area contributed by atoms with E-state index in [0.29, 0.717) is 5.25 Å². The smallest absolute Gasteiger partial charge is 0.0667 e. The lowest BCUT2D eigenvalue weighted by atomic mass is 9.87. The van der Waals surface area contributed by atoms with Crippen LogP contribution in [0.4, 0.5) is 0 Å². The summed E-state index contributed by atoms with van der Waals surface area (Å²) in [6.07, 6.45) is 3.47. The minimum Gasteiger partial charge on any atom is -0.198 e. The van der Waals surface area contributed by atoms with Gasteiger partial charge in [0.05, 0.1) is 12.0 Å². The van der Waals surface area contributed by atoms with E-state index in [1.54, 1.807) is 0 Å². The molecule has 1 aromatic carbocycles. The number of benzene rings is 1. The second-order valence-corrected chi connectivity index (χ2v) is 7.41. The lowest BCUT2D eigenvalue weighted by Crippen LogP contribution is -2.11. The molecule has 0 saturated heterocycles. The third-order valence-electron chi connectivity index (χ3n) is 3.63. The second-order valence-electron chi connectivity index (χ2n) is 6.10. The molecule has 1 nitrogen and oxygen atoms in total. The highest BCUT2D eigenvalue weighted by molar-refractivity contribution is 8.00. The van der Waals surface area contributed by atoms with Crippen LogP contribution in [0.15, 0.2) is 29.2 Å². The lowest BCUT2D eigenvalue weighted by molar-refractivity contribution is 0.589. The zero-order chi connectivity index (χ0) is 13.2. The maximum absolute atomic E-state index is 9.10. The van der Waals surface area contributed by atoms with E-state index in [0.717, 1.165) is 6.42 Å². The summed E-state index contributed by atoms with van der Waals surface area (Å²) >= 11 is 1.88. The van der Waals surface area contributed by atoms with Gasteiger partial charge in [-0.15, -0.1) is 11.8 Å². The number of nitrogens with zero attached hydrogens (tertiary/aromatic N) is 1. The van der Waals surface area contributed by atoms with Crippen LogP contribution >= 0.6 is 11.8 Å². The predicted molar refractivity (Wildman–Crippen MR) is 77.7 cm³/mol. The minimum absolute atomic E-state index is 0.214. The molecule has 0 radical (unpaired) electrons. The number of rotatable bonds is 2. The SMILES string of the molecule is CC(C)(C)c1ccc(SC2CCCC2C#N)cc1. The highest BCUT2D eigenvalue weighted by Crippen LogP contribution is 2.39. The molecule has 1 aliphatic carbocycles. The highest BCUT2D eigenvalue weighted by Gasteiger charge is 2.27. The van der Waals surface area contributed by atoms with Crippen LogP contribution in [-0.4, -0.2) is 5.25 Å². The van der Waals surface area contributed by atoms with Gasteiger partial charge >= 0.3 is 0 Å². The maximum Gasteiger partial charge on any atom is 0.0667 e. The Balaban J connectivity index is 2.05. The third-order valence-corrected chi connectivity index (χ3v) is 5.04. The number of hydrogen-bond donors (Lipinski definition) is 0. The fourth-order valence-electron chi connectivity index (χ4n) is 2.42. The van der Waals surface area contributed by atoms with Crippen molar-refractivity contribution in [2.75, 3.05) is 0 Å². The molecule has 0 heterocycles. The molecule has 0 aromatic heterocycles. The van der Waals surface area contributed by atoms with Crippen molar-refractivity contribution >= 4 is 11.8 Å². The summed E-state index contributed by atoms with van der Waals surface area (Å²) in [5.74, 6) is 0.247. The second kappa shape index (κ2) is 5.36. The van der Waals surface area contributed by atoms with Crippen molar-refractivity contribution in [3.63, 3.8) is 0 Å². The molecule has 0 spiro atoms. The van der Waals surface area contributed by atoms with Gasteiger partial charge in [0.15, 0.2) is 0 Å². The van der Waals surface area contributed by atoms with Gasteiger partial charge in [0.25, 0.3) is 0 Å². The van der Waals surface area contributed by atoms with Crippen molar-refractivity contribution in [1.82, 2.24) is 0 Å². The summed E-state index contributed by atoms with van der Waals surface area (Å²) < 4.78 is 0. The van der Waals surface area contributed by atoms with Crippen LogP contribution in [0, 0.1) is 17.2 Å². The normalized spacial score (nSPS) is 23.9. The fraction of sp³-hybridized carbons (Fsp3) is 0.562. The zero-order valence-corrected chi connectivity index (χ0v) is 12.3. The van der Waals surface area contributed by atoms with E-state index < -0.39 is 0 Å². The molecular formula is C16H21NS. The monoisotopic (exact) mass is 259 g/mol. The van der Waals surface area contributed by atoms with Crippen molar-refractivity contribution in [3.05, 3.63) is 29.8 Å². The molecule has 96 valence electrons. The zero-order valence-electron chi connectivity index (χ0n) is 11.4. The van der Waals surface area contributed by atoms with Gasteiger partial charge < -0.3 is 0 Å². The Labute approximate surface area is 115 Å². The molecule has 0 N–H and O–H groups in total. The summed E-state index contributed by atoms with van der Waals surface area (Å²) in [4.78, 5) is 1.30. The Morgan fingerprint density at radius 1 is 1.17 bits per heavy atom. The van der Waals surface area contributed by atoms with Crippen LogP contribution in [0.25, 0.3) is 0 Å². The van der Waals surface area contributed by atoms with Crippen LogP contribution in [0.3, 0.4) is 0 Å². The van der Waals surface area contributed by atoms with E-state index in [4.69, 9.17) is 5.26 Å². The average Bonchev–Trinajstić information content (AvgIpc) is 2.76. The van der Waals surface area contributed by atoms with Crippen LogP contribution in [0.2, 0.25) is 0 Å². The molecular weight excluding hydrogens is 238 g/mol. The summed E-state index contributed by atoms with van der Waals surface area (Å²) in [7, 11) is 0. The van der Waals surface area contributed by atoms with Crippen molar-refractivity contribution < 1.29 is 0 Å². The van der Waals surface area contributed by atoms with Gasteiger partial charge in [-0.2, -0.15) is 5.26 Å². The summed E-state index contributed by atoms with van der Waals surface area (Å²) in [5, 5.41) is 9.60. The van der Waals surface area contributed by atoms with Gasteiger partial charge in [0.2, 0.25) is 0 Å². The van der Waals surface area contributed by atoms with E-state index in [2.05, 4.69) is 51.1 Å². The van der Waals surface area contributed by atoms with E-state index in [1.807, 2.05) is 11.8 Å². The Bertz CT molecular complexity index is 436. The summed E-state index contributed by atoms with van der Waals surface area (Å²) in [6.45, 7) is 6.70. The van der Waals surface area contributed by atoms with Crippen molar-refractivity contribution in [1.29, 1.82) is 5.26 Å². The molecule has 2 rings (SSSR count). The highest BCUT2D eigenvalue weighted by atomic mass is 32.2. The van der Waals surface area contributed by atoms with E-state index in [-0.39, 0.29) is 11.3 Å². The largest absolute Gasteiger partial charge is 0.198 e. The van der Waals surface area contributed by atoms with Crippen molar-refractivity contribution in [2.45, 2.75) is 55.6 Å². The molecule has 0 bridgehead atoms. The van der Waals surface area contributed by atoms with Gasteiger partial charge in [-0.1, -0.05) is 39.3 Å². The van der Waals surface area contributed by atoms with Crippen molar-refractivity contribution in [2.24, 2.45) is 5.92 Å². The fourth-order valence-corrected chi connectivity index (χ4v) is 3.71. The topological polar surface area (TPSA) is 23.8 Å². The Morgan fingerprint density at radius 2 is 1.83 bits per heavy atom. The predicted octanol–water partition coefficient (Wildman–Crippen LogP) is 4.77. The molecule has 2 atom stereocenters. The van der Waals surface area contributed by atoms with Gasteiger partial charge in [-0.3, -0.25) is 0 Å². The van der Waals surface area contributed by atoms with E-state index >= 15 is 0 Å². The number of thioether (sulfide) groups is 1. The molecule has 18 heavy (non-hydrogen) atoms. The molecule has 2 heteroatoms. The van der Waals surface area contributed by atoms with Gasteiger partial charge in [0, 0.05) is 10.1 Å². The Kier molecular flexibility index (Phi) is 4.02. The summed E-state index contributed by atoms with van der Waals surface area (Å²) in [5.41, 5.74) is 1.58. The molecule has 1 fully saturated rings. The van der Waals surface area contributed by atoms with Crippen LogP contribution in [0.1, 0.15) is 45.6 Å². The Hall–Kier alpha value is -0.940. The van der Waals surface area contributed by atoms with Gasteiger partial charge in [-0.05, 0) is 36.0 Å². The molecule has 2 unspecified atom stereocenters. The minimum atomic E-state index is 0.214.